The van der Waals surface area contributed by atoms with Gasteiger partial charge in [-0.05, 0) is 42.7 Å². The lowest BCUT2D eigenvalue weighted by molar-refractivity contribution is -0.141. The lowest BCUT2D eigenvalue weighted by Gasteiger charge is -2.10. The molecule has 1 aromatic carbocycles. The van der Waals surface area contributed by atoms with Crippen LogP contribution in [0.5, 0.6) is 0 Å². The van der Waals surface area contributed by atoms with E-state index in [9.17, 15) is 22.4 Å². The van der Waals surface area contributed by atoms with Crippen LogP contribution in [0.1, 0.15) is 17.7 Å². The van der Waals surface area contributed by atoms with Crippen molar-refractivity contribution in [1.29, 1.82) is 0 Å². The second kappa shape index (κ2) is 6.26. The predicted molar refractivity (Wildman–Crippen MR) is 94.2 cm³/mol. The molecule has 0 aliphatic heterocycles. The summed E-state index contributed by atoms with van der Waals surface area (Å²) in [5.41, 5.74) is 1.45. The van der Waals surface area contributed by atoms with E-state index in [-0.39, 0.29) is 12.3 Å². The monoisotopic (exact) mass is 395 g/mol. The zero-order valence-electron chi connectivity index (χ0n) is 14.0. The van der Waals surface area contributed by atoms with Crippen LogP contribution in [0.4, 0.5) is 22.7 Å². The number of carbonyl (C=O) groups is 1. The second-order valence-corrected chi connectivity index (χ2v) is 7.46. The Balaban J connectivity index is 1.63. The van der Waals surface area contributed by atoms with Crippen LogP contribution in [-0.2, 0) is 11.0 Å². The number of fused-ring (bicyclic) bond motifs is 1. The molecule has 9 heteroatoms. The molecule has 2 atom stereocenters. The number of carbonyl (C=O) groups excluding carboxylic acids is 1. The highest BCUT2D eigenvalue weighted by Gasteiger charge is 2.43. The van der Waals surface area contributed by atoms with Gasteiger partial charge in [0.15, 0.2) is 5.13 Å². The number of benzene rings is 1. The summed E-state index contributed by atoms with van der Waals surface area (Å²) in [5.74, 6) is -0.988. The number of hydrogen-bond donors (Lipinski definition) is 1. The van der Waals surface area contributed by atoms with Crippen LogP contribution in [0.15, 0.2) is 30.5 Å². The number of aromatic nitrogens is 2. The second-order valence-electron chi connectivity index (χ2n) is 6.43. The summed E-state index contributed by atoms with van der Waals surface area (Å²) in [6.07, 6.45) is -4.13. The lowest BCUT2D eigenvalue weighted by atomic mass is 10.0. The van der Waals surface area contributed by atoms with Crippen molar-refractivity contribution in [3.05, 3.63) is 41.7 Å². The van der Waals surface area contributed by atoms with Crippen LogP contribution in [0, 0.1) is 12.8 Å². The molecule has 2 heterocycles. The third-order valence-corrected chi connectivity index (χ3v) is 5.31. The topological polar surface area (TPSA) is 54.9 Å². The third-order valence-electron chi connectivity index (χ3n) is 4.38. The van der Waals surface area contributed by atoms with E-state index in [1.54, 1.807) is 25.1 Å². The van der Waals surface area contributed by atoms with Crippen LogP contribution in [0.3, 0.4) is 0 Å². The van der Waals surface area contributed by atoms with Gasteiger partial charge in [0.1, 0.15) is 11.9 Å². The number of nitrogens with zero attached hydrogens (tertiary/aromatic N) is 2. The summed E-state index contributed by atoms with van der Waals surface area (Å²) in [6.45, 7) is 1.60. The van der Waals surface area contributed by atoms with E-state index in [0.717, 1.165) is 10.8 Å². The van der Waals surface area contributed by atoms with Gasteiger partial charge in [-0.2, -0.15) is 13.2 Å². The van der Waals surface area contributed by atoms with Gasteiger partial charge in [-0.1, -0.05) is 17.4 Å². The summed E-state index contributed by atoms with van der Waals surface area (Å²) in [5, 5.41) is 2.98. The minimum Gasteiger partial charge on any atom is -0.302 e. The van der Waals surface area contributed by atoms with Gasteiger partial charge in [0.2, 0.25) is 5.91 Å². The highest BCUT2D eigenvalue weighted by Crippen LogP contribution is 2.37. The van der Waals surface area contributed by atoms with Gasteiger partial charge in [-0.25, -0.2) is 9.37 Å². The molecule has 1 aliphatic carbocycles. The van der Waals surface area contributed by atoms with Crippen molar-refractivity contribution >= 4 is 32.6 Å². The molecule has 1 amide bonds. The fourth-order valence-corrected chi connectivity index (χ4v) is 3.70. The first-order valence-electron chi connectivity index (χ1n) is 8.12. The van der Waals surface area contributed by atoms with Gasteiger partial charge in [0.05, 0.1) is 16.1 Å². The van der Waals surface area contributed by atoms with Crippen molar-refractivity contribution in [2.45, 2.75) is 25.7 Å². The molecule has 140 valence electrons. The van der Waals surface area contributed by atoms with Gasteiger partial charge in [-0.15, -0.1) is 0 Å². The highest BCUT2D eigenvalue weighted by molar-refractivity contribution is 7.22. The number of amides is 1. The molecule has 0 spiro atoms. The van der Waals surface area contributed by atoms with Crippen LogP contribution in [0.2, 0.25) is 0 Å². The number of anilines is 1. The third kappa shape index (κ3) is 3.51. The van der Waals surface area contributed by atoms with E-state index in [1.165, 1.54) is 17.5 Å². The zero-order valence-corrected chi connectivity index (χ0v) is 14.8. The number of thiazole rings is 1. The largest absolute Gasteiger partial charge is 0.433 e. The lowest BCUT2D eigenvalue weighted by Crippen LogP contribution is -2.14. The molecule has 1 unspecified atom stereocenters. The van der Waals surface area contributed by atoms with Crippen molar-refractivity contribution < 1.29 is 22.4 Å². The van der Waals surface area contributed by atoms with Crippen molar-refractivity contribution in [2.75, 3.05) is 5.32 Å². The molecule has 0 saturated heterocycles. The molecule has 1 N–H and O–H groups in total. The molecule has 0 bridgehead atoms. The smallest absolute Gasteiger partial charge is 0.302 e. The molecular weight excluding hydrogens is 382 g/mol. The fraction of sp³-hybridized carbons (Fsp3) is 0.278. The molecule has 27 heavy (non-hydrogen) atoms. The van der Waals surface area contributed by atoms with Crippen LogP contribution in [0.25, 0.3) is 21.3 Å². The Morgan fingerprint density at radius 1 is 1.30 bits per heavy atom. The first-order valence-corrected chi connectivity index (χ1v) is 8.94. The standard InChI is InChI=1S/C18H13F4N3OS/c1-8-4-15(18(20,21)22)23-7-11(8)9-2-3-13-14(5-9)27-17(24-13)25-16(26)10-6-12(10)19/h2-5,7,10,12H,6H2,1H3,(H,24,25,26)/t10-,12?/m1/s1. The van der Waals surface area contributed by atoms with Gasteiger partial charge < -0.3 is 5.32 Å². The summed E-state index contributed by atoms with van der Waals surface area (Å²) in [6, 6.07) is 6.27. The number of hydrogen-bond acceptors (Lipinski definition) is 4. The molecule has 0 radical (unpaired) electrons. The molecule has 1 saturated carbocycles. The van der Waals surface area contributed by atoms with Crippen LogP contribution < -0.4 is 5.32 Å². The van der Waals surface area contributed by atoms with E-state index < -0.39 is 24.0 Å². The average molecular weight is 395 g/mol. The molecular formula is C18H13F4N3OS. The number of halogens is 4. The number of rotatable bonds is 3. The Morgan fingerprint density at radius 2 is 2.04 bits per heavy atom. The Bertz CT molecular complexity index is 1050. The Morgan fingerprint density at radius 3 is 2.67 bits per heavy atom. The van der Waals surface area contributed by atoms with Crippen LogP contribution >= 0.6 is 11.3 Å². The van der Waals surface area contributed by atoms with Crippen molar-refractivity contribution in [2.24, 2.45) is 5.92 Å². The van der Waals surface area contributed by atoms with Gasteiger partial charge in [-0.3, -0.25) is 9.78 Å². The molecule has 3 aromatic rings. The quantitative estimate of drug-likeness (QED) is 0.636. The van der Waals surface area contributed by atoms with E-state index in [1.807, 2.05) is 0 Å². The van der Waals surface area contributed by atoms with Crippen LogP contribution in [-0.4, -0.2) is 22.0 Å². The molecule has 1 aliphatic rings. The maximum absolute atomic E-state index is 13.0. The first-order chi connectivity index (χ1) is 12.7. The Kier molecular flexibility index (Phi) is 4.14. The Hall–Kier alpha value is -2.55. The maximum atomic E-state index is 13.0. The minimum atomic E-state index is -4.49. The normalized spacial score (nSPS) is 19.3. The molecule has 2 aromatic heterocycles. The summed E-state index contributed by atoms with van der Waals surface area (Å²) in [4.78, 5) is 19.6. The summed E-state index contributed by atoms with van der Waals surface area (Å²) in [7, 11) is 0. The summed E-state index contributed by atoms with van der Waals surface area (Å²) < 4.78 is 52.0. The summed E-state index contributed by atoms with van der Waals surface area (Å²) >= 11 is 1.23. The SMILES string of the molecule is Cc1cc(C(F)(F)F)ncc1-c1ccc2nc(NC(=O)[C@@H]3CC3F)sc2c1. The fourth-order valence-electron chi connectivity index (χ4n) is 2.79. The first kappa shape index (κ1) is 17.8. The number of alkyl halides is 4. The molecule has 1 fully saturated rings. The Labute approximate surface area is 155 Å². The van der Waals surface area contributed by atoms with E-state index >= 15 is 0 Å². The molecule has 4 nitrogen and oxygen atoms in total. The highest BCUT2D eigenvalue weighted by atomic mass is 32.1. The van der Waals surface area contributed by atoms with Gasteiger partial charge >= 0.3 is 6.18 Å². The average Bonchev–Trinajstić information content (AvgIpc) is 3.19. The number of nitrogens with one attached hydrogen (secondary N) is 1. The predicted octanol–water partition coefficient (Wildman–Crippen LogP) is 4.98. The minimum absolute atomic E-state index is 0.237. The van der Waals surface area contributed by atoms with E-state index in [4.69, 9.17) is 0 Å². The number of pyridine rings is 1. The van der Waals surface area contributed by atoms with Crippen molar-refractivity contribution in [3.63, 3.8) is 0 Å². The van der Waals surface area contributed by atoms with E-state index in [0.29, 0.717) is 27.3 Å². The van der Waals surface area contributed by atoms with Crippen molar-refractivity contribution in [1.82, 2.24) is 9.97 Å². The maximum Gasteiger partial charge on any atom is 0.433 e. The molecule has 4 rings (SSSR count). The zero-order chi connectivity index (χ0) is 19.3. The van der Waals surface area contributed by atoms with E-state index in [2.05, 4.69) is 15.3 Å². The van der Waals surface area contributed by atoms with Crippen molar-refractivity contribution in [3.8, 4) is 11.1 Å². The number of aryl methyl sites for hydroxylation is 1. The van der Waals surface area contributed by atoms with Gasteiger partial charge in [0.25, 0.3) is 0 Å². The van der Waals surface area contributed by atoms with Gasteiger partial charge in [0, 0.05) is 11.8 Å².